The number of carbonyl (C=O) groups is 1. The molecule has 2 aromatic rings. The number of esters is 1. The van der Waals surface area contributed by atoms with Gasteiger partial charge in [0, 0.05) is 12.3 Å². The molecule has 1 aromatic heterocycles. The molecule has 0 aliphatic rings. The van der Waals surface area contributed by atoms with Crippen LogP contribution in [-0.4, -0.2) is 22.4 Å². The van der Waals surface area contributed by atoms with Crippen LogP contribution in [0.2, 0.25) is 5.02 Å². The summed E-state index contributed by atoms with van der Waals surface area (Å²) in [4.78, 5) is 23.2. The summed E-state index contributed by atoms with van der Waals surface area (Å²) in [6, 6.07) is 5.11. The van der Waals surface area contributed by atoms with Crippen LogP contribution >= 0.6 is 11.6 Å². The number of benzene rings is 1. The molecule has 0 spiro atoms. The van der Waals surface area contributed by atoms with E-state index in [2.05, 4.69) is 5.10 Å². The molecule has 20 heavy (non-hydrogen) atoms. The van der Waals surface area contributed by atoms with Crippen molar-refractivity contribution in [2.45, 2.75) is 6.92 Å². The Morgan fingerprint density at radius 2 is 2.20 bits per heavy atom. The zero-order chi connectivity index (χ0) is 14.7. The maximum absolute atomic E-state index is 13.1. The van der Waals surface area contributed by atoms with Crippen molar-refractivity contribution in [3.63, 3.8) is 0 Å². The van der Waals surface area contributed by atoms with Gasteiger partial charge in [-0.25, -0.2) is 13.9 Å². The van der Waals surface area contributed by atoms with Gasteiger partial charge in [0.2, 0.25) is 11.1 Å². The Morgan fingerprint density at radius 1 is 1.45 bits per heavy atom. The molecule has 0 unspecified atom stereocenters. The molecule has 5 nitrogen and oxygen atoms in total. The summed E-state index contributed by atoms with van der Waals surface area (Å²) in [5, 5.41) is 3.80. The van der Waals surface area contributed by atoms with Crippen molar-refractivity contribution in [2.24, 2.45) is 0 Å². The fourth-order valence-electron chi connectivity index (χ4n) is 1.52. The van der Waals surface area contributed by atoms with Gasteiger partial charge in [-0.1, -0.05) is 11.6 Å². The van der Waals surface area contributed by atoms with Crippen molar-refractivity contribution in [2.75, 3.05) is 6.61 Å². The number of ether oxygens (including phenoxy) is 1. The lowest BCUT2D eigenvalue weighted by Gasteiger charge is -2.07. The first-order valence-corrected chi connectivity index (χ1v) is 6.13. The van der Waals surface area contributed by atoms with Gasteiger partial charge >= 0.3 is 5.97 Å². The number of halogens is 2. The molecule has 2 rings (SSSR count). The van der Waals surface area contributed by atoms with Gasteiger partial charge < -0.3 is 4.74 Å². The summed E-state index contributed by atoms with van der Waals surface area (Å²) in [5.41, 5.74) is -0.468. The highest BCUT2D eigenvalue weighted by Gasteiger charge is 2.14. The average Bonchev–Trinajstić information content (AvgIpc) is 2.42. The Kier molecular flexibility index (Phi) is 4.14. The van der Waals surface area contributed by atoms with E-state index in [0.29, 0.717) is 5.69 Å². The molecule has 0 radical (unpaired) electrons. The van der Waals surface area contributed by atoms with Gasteiger partial charge in [-0.05, 0) is 25.1 Å². The van der Waals surface area contributed by atoms with Gasteiger partial charge in [0.15, 0.2) is 0 Å². The predicted octanol–water partition coefficient (Wildman–Crippen LogP) is 2.20. The number of hydrogen-bond acceptors (Lipinski definition) is 4. The van der Waals surface area contributed by atoms with Gasteiger partial charge in [-0.2, -0.15) is 5.10 Å². The topological polar surface area (TPSA) is 61.2 Å². The lowest BCUT2D eigenvalue weighted by atomic mass is 10.3. The average molecular weight is 297 g/mol. The molecule has 0 aliphatic carbocycles. The standard InChI is InChI=1S/C13H10ClFN2O3/c1-2-20-13(19)12-11(18)5-6-17(16-12)8-3-4-10(15)9(14)7-8/h3-7H,2H2,1H3. The van der Waals surface area contributed by atoms with E-state index in [-0.39, 0.29) is 17.3 Å². The number of rotatable bonds is 3. The van der Waals surface area contributed by atoms with E-state index in [4.69, 9.17) is 16.3 Å². The molecule has 0 aliphatic heterocycles. The number of hydrogen-bond donors (Lipinski definition) is 0. The van der Waals surface area contributed by atoms with Crippen LogP contribution < -0.4 is 5.43 Å². The van der Waals surface area contributed by atoms with Gasteiger partial charge in [-0.15, -0.1) is 0 Å². The lowest BCUT2D eigenvalue weighted by molar-refractivity contribution is 0.0515. The van der Waals surface area contributed by atoms with Crippen LogP contribution in [0.15, 0.2) is 35.3 Å². The van der Waals surface area contributed by atoms with E-state index in [1.807, 2.05) is 0 Å². The van der Waals surface area contributed by atoms with Gasteiger partial charge in [0.1, 0.15) is 5.82 Å². The molecule has 0 amide bonds. The highest BCUT2D eigenvalue weighted by atomic mass is 35.5. The van der Waals surface area contributed by atoms with Crippen molar-refractivity contribution in [3.8, 4) is 5.69 Å². The fourth-order valence-corrected chi connectivity index (χ4v) is 1.69. The predicted molar refractivity (Wildman–Crippen MR) is 70.8 cm³/mol. The Morgan fingerprint density at radius 3 is 2.85 bits per heavy atom. The summed E-state index contributed by atoms with van der Waals surface area (Å²) in [6.45, 7) is 1.76. The van der Waals surface area contributed by atoms with Crippen molar-refractivity contribution in [1.29, 1.82) is 0 Å². The number of carbonyl (C=O) groups excluding carboxylic acids is 1. The van der Waals surface area contributed by atoms with Crippen LogP contribution in [0.3, 0.4) is 0 Å². The zero-order valence-corrected chi connectivity index (χ0v) is 11.2. The van der Waals surface area contributed by atoms with E-state index < -0.39 is 17.2 Å². The molecule has 1 aromatic carbocycles. The first kappa shape index (κ1) is 14.2. The minimum Gasteiger partial charge on any atom is -0.461 e. The highest BCUT2D eigenvalue weighted by Crippen LogP contribution is 2.17. The smallest absolute Gasteiger partial charge is 0.362 e. The Bertz CT molecular complexity index is 715. The zero-order valence-electron chi connectivity index (χ0n) is 10.5. The maximum atomic E-state index is 13.1. The van der Waals surface area contributed by atoms with Gasteiger partial charge in [0.05, 0.1) is 17.3 Å². The van der Waals surface area contributed by atoms with Crippen LogP contribution in [0.25, 0.3) is 5.69 Å². The summed E-state index contributed by atoms with van der Waals surface area (Å²) in [6.07, 6.45) is 1.36. The fraction of sp³-hybridized carbons (Fsp3) is 0.154. The second kappa shape index (κ2) is 5.83. The van der Waals surface area contributed by atoms with Gasteiger partial charge in [0.25, 0.3) is 0 Å². The third kappa shape index (κ3) is 2.85. The normalized spacial score (nSPS) is 10.3. The van der Waals surface area contributed by atoms with E-state index in [1.165, 1.54) is 35.1 Å². The molecule has 0 atom stereocenters. The van der Waals surface area contributed by atoms with E-state index in [9.17, 15) is 14.0 Å². The minimum atomic E-state index is -0.806. The summed E-state index contributed by atoms with van der Waals surface area (Å²) in [5.74, 6) is -1.37. The third-order valence-electron chi connectivity index (χ3n) is 2.44. The molecule has 0 saturated carbocycles. The minimum absolute atomic E-state index is 0.0827. The maximum Gasteiger partial charge on any atom is 0.362 e. The molecule has 1 heterocycles. The molecular formula is C13H10ClFN2O3. The van der Waals surface area contributed by atoms with Crippen molar-refractivity contribution in [1.82, 2.24) is 9.78 Å². The third-order valence-corrected chi connectivity index (χ3v) is 2.73. The Balaban J connectivity index is 2.48. The molecule has 0 bridgehead atoms. The van der Waals surface area contributed by atoms with E-state index >= 15 is 0 Å². The van der Waals surface area contributed by atoms with Crippen LogP contribution in [0, 0.1) is 5.82 Å². The second-order valence-electron chi connectivity index (χ2n) is 3.79. The summed E-state index contributed by atoms with van der Waals surface area (Å²) < 4.78 is 19.1. The molecule has 0 saturated heterocycles. The van der Waals surface area contributed by atoms with Crippen LogP contribution in [0.1, 0.15) is 17.4 Å². The lowest BCUT2D eigenvalue weighted by Crippen LogP contribution is -2.22. The summed E-state index contributed by atoms with van der Waals surface area (Å²) >= 11 is 5.68. The number of nitrogens with zero attached hydrogens (tertiary/aromatic N) is 2. The van der Waals surface area contributed by atoms with Gasteiger partial charge in [-0.3, -0.25) is 4.79 Å². The first-order valence-electron chi connectivity index (χ1n) is 5.75. The van der Waals surface area contributed by atoms with Crippen LogP contribution in [0.4, 0.5) is 4.39 Å². The first-order chi connectivity index (χ1) is 9.52. The Labute approximate surface area is 118 Å². The highest BCUT2D eigenvalue weighted by molar-refractivity contribution is 6.30. The number of aromatic nitrogens is 2. The molecule has 104 valence electrons. The quantitative estimate of drug-likeness (QED) is 0.815. The van der Waals surface area contributed by atoms with E-state index in [1.54, 1.807) is 6.92 Å². The molecule has 0 N–H and O–H groups in total. The molecular weight excluding hydrogens is 287 g/mol. The van der Waals surface area contributed by atoms with E-state index in [0.717, 1.165) is 0 Å². The van der Waals surface area contributed by atoms with Crippen molar-refractivity contribution < 1.29 is 13.9 Å². The van der Waals surface area contributed by atoms with Crippen molar-refractivity contribution >= 4 is 17.6 Å². The monoisotopic (exact) mass is 296 g/mol. The second-order valence-corrected chi connectivity index (χ2v) is 4.20. The van der Waals surface area contributed by atoms with Crippen LogP contribution in [0.5, 0.6) is 0 Å². The Hall–Kier alpha value is -2.21. The largest absolute Gasteiger partial charge is 0.461 e. The summed E-state index contributed by atoms with van der Waals surface area (Å²) in [7, 11) is 0. The van der Waals surface area contributed by atoms with Crippen LogP contribution in [-0.2, 0) is 4.74 Å². The SMILES string of the molecule is CCOC(=O)c1nn(-c2ccc(F)c(Cl)c2)ccc1=O. The van der Waals surface area contributed by atoms with Crippen molar-refractivity contribution in [3.05, 3.63) is 57.2 Å². The molecule has 7 heteroatoms. The molecule has 0 fully saturated rings.